The maximum Gasteiger partial charge on any atom is 0.345 e. The van der Waals surface area contributed by atoms with E-state index < -0.39 is 5.97 Å². The Balaban J connectivity index is 2.04. The number of nitrogens with zero attached hydrogens (tertiary/aromatic N) is 1. The number of carboxylic acid groups (broad SMARTS) is 1. The number of halogens is 1. The van der Waals surface area contributed by atoms with Gasteiger partial charge in [-0.1, -0.05) is 11.6 Å². The molecule has 0 aliphatic carbocycles. The molecule has 0 aliphatic rings. The van der Waals surface area contributed by atoms with Crippen LogP contribution < -0.4 is 5.56 Å². The van der Waals surface area contributed by atoms with Crippen LogP contribution in [0.4, 0.5) is 0 Å². The minimum Gasteiger partial charge on any atom is -0.477 e. The maximum absolute atomic E-state index is 11.9. The highest BCUT2D eigenvalue weighted by Gasteiger charge is 2.13. The summed E-state index contributed by atoms with van der Waals surface area (Å²) in [5.74, 6) is -0.560. The molecule has 3 aromatic heterocycles. The van der Waals surface area contributed by atoms with Gasteiger partial charge in [-0.2, -0.15) is 0 Å². The van der Waals surface area contributed by atoms with Crippen molar-refractivity contribution in [1.82, 2.24) is 9.97 Å². The molecule has 102 valence electrons. The Morgan fingerprint density at radius 2 is 2.20 bits per heavy atom. The lowest BCUT2D eigenvalue weighted by Crippen LogP contribution is -2.10. The number of aromatic amines is 1. The number of carbonyl (C=O) groups is 1. The third kappa shape index (κ3) is 2.47. The molecule has 0 spiro atoms. The summed E-state index contributed by atoms with van der Waals surface area (Å²) in [4.78, 5) is 30.9. The topological polar surface area (TPSA) is 83.0 Å². The van der Waals surface area contributed by atoms with Crippen molar-refractivity contribution in [2.45, 2.75) is 6.42 Å². The first-order chi connectivity index (χ1) is 9.52. The van der Waals surface area contributed by atoms with Crippen LogP contribution in [0, 0.1) is 0 Å². The first kappa shape index (κ1) is 13.3. The van der Waals surface area contributed by atoms with Crippen molar-refractivity contribution >= 4 is 50.5 Å². The number of hydrogen-bond acceptors (Lipinski definition) is 5. The van der Waals surface area contributed by atoms with Gasteiger partial charge in [0.1, 0.15) is 15.4 Å². The van der Waals surface area contributed by atoms with Gasteiger partial charge in [-0.25, -0.2) is 9.78 Å². The maximum atomic E-state index is 11.9. The fourth-order valence-electron chi connectivity index (χ4n) is 1.79. The van der Waals surface area contributed by atoms with Crippen molar-refractivity contribution in [2.24, 2.45) is 0 Å². The fraction of sp³-hybridized carbons (Fsp3) is 0.0833. The van der Waals surface area contributed by atoms with E-state index in [0.29, 0.717) is 26.8 Å². The lowest BCUT2D eigenvalue weighted by molar-refractivity contribution is 0.0702. The molecule has 0 aliphatic heterocycles. The molecule has 0 unspecified atom stereocenters. The van der Waals surface area contributed by atoms with Gasteiger partial charge in [0, 0.05) is 11.3 Å². The standard InChI is InChI=1S/C12H7ClN2O3S2/c13-8-2-1-5(19-8)3-9-14-6-4-7(12(17)18)20-10(6)11(16)15-9/h1-2,4H,3H2,(H,17,18)(H,14,15,16). The number of thiophene rings is 2. The van der Waals surface area contributed by atoms with Gasteiger partial charge in [0.2, 0.25) is 0 Å². The van der Waals surface area contributed by atoms with Crippen LogP contribution in [0.1, 0.15) is 20.4 Å². The van der Waals surface area contributed by atoms with Gasteiger partial charge in [-0.05, 0) is 18.2 Å². The van der Waals surface area contributed by atoms with E-state index in [1.807, 2.05) is 6.07 Å². The van der Waals surface area contributed by atoms with Crippen LogP contribution in [-0.4, -0.2) is 21.0 Å². The molecule has 0 radical (unpaired) electrons. The summed E-state index contributed by atoms with van der Waals surface area (Å²) < 4.78 is 1.00. The number of carboxylic acids is 1. The first-order valence-corrected chi connectivity index (χ1v) is 7.54. The summed E-state index contributed by atoms with van der Waals surface area (Å²) in [6, 6.07) is 5.07. The normalized spacial score (nSPS) is 11.1. The predicted molar refractivity (Wildman–Crippen MR) is 79.3 cm³/mol. The minimum absolute atomic E-state index is 0.106. The van der Waals surface area contributed by atoms with E-state index in [-0.39, 0.29) is 10.4 Å². The number of aromatic nitrogens is 2. The summed E-state index contributed by atoms with van der Waals surface area (Å²) in [7, 11) is 0. The van der Waals surface area contributed by atoms with Crippen molar-refractivity contribution in [2.75, 3.05) is 0 Å². The minimum atomic E-state index is -1.06. The molecule has 0 bridgehead atoms. The molecule has 3 heterocycles. The second kappa shape index (κ2) is 5.01. The monoisotopic (exact) mass is 326 g/mol. The van der Waals surface area contributed by atoms with Crippen molar-refractivity contribution in [3.8, 4) is 0 Å². The molecule has 0 atom stereocenters. The summed E-state index contributed by atoms with van der Waals surface area (Å²) >= 11 is 8.20. The van der Waals surface area contributed by atoms with Gasteiger partial charge in [0.05, 0.1) is 9.85 Å². The number of hydrogen-bond donors (Lipinski definition) is 2. The third-order valence-corrected chi connectivity index (χ3v) is 4.96. The van der Waals surface area contributed by atoms with E-state index >= 15 is 0 Å². The van der Waals surface area contributed by atoms with Crippen LogP contribution >= 0.6 is 34.3 Å². The summed E-state index contributed by atoms with van der Waals surface area (Å²) in [6.07, 6.45) is 0.459. The molecule has 3 aromatic rings. The molecule has 0 amide bonds. The Hall–Kier alpha value is -1.70. The van der Waals surface area contributed by atoms with Crippen molar-refractivity contribution < 1.29 is 9.90 Å². The Morgan fingerprint density at radius 1 is 1.40 bits per heavy atom. The van der Waals surface area contributed by atoms with Crippen LogP contribution in [0.25, 0.3) is 10.2 Å². The van der Waals surface area contributed by atoms with Gasteiger partial charge >= 0.3 is 5.97 Å². The Kier molecular flexibility index (Phi) is 3.33. The van der Waals surface area contributed by atoms with Gasteiger partial charge in [0.25, 0.3) is 5.56 Å². The largest absolute Gasteiger partial charge is 0.477 e. The Morgan fingerprint density at radius 3 is 2.85 bits per heavy atom. The molecule has 0 fully saturated rings. The molecule has 8 heteroatoms. The number of nitrogens with one attached hydrogen (secondary N) is 1. The highest BCUT2D eigenvalue weighted by atomic mass is 35.5. The van der Waals surface area contributed by atoms with Gasteiger partial charge in [-0.3, -0.25) is 4.79 Å². The highest BCUT2D eigenvalue weighted by Crippen LogP contribution is 2.24. The number of aromatic carboxylic acids is 1. The molecule has 5 nitrogen and oxygen atoms in total. The molecule has 0 aromatic carbocycles. The van der Waals surface area contributed by atoms with Crippen molar-refractivity contribution in [3.05, 3.63) is 48.5 Å². The van der Waals surface area contributed by atoms with E-state index in [9.17, 15) is 9.59 Å². The molecular formula is C12H7ClN2O3S2. The van der Waals surface area contributed by atoms with E-state index in [0.717, 1.165) is 16.2 Å². The van der Waals surface area contributed by atoms with Crippen molar-refractivity contribution in [3.63, 3.8) is 0 Å². The van der Waals surface area contributed by atoms with Crippen LogP contribution in [0.5, 0.6) is 0 Å². The quantitative estimate of drug-likeness (QED) is 0.775. The Labute approximate surface area is 125 Å². The average Bonchev–Trinajstić information content (AvgIpc) is 2.96. The van der Waals surface area contributed by atoms with Crippen LogP contribution in [0.3, 0.4) is 0 Å². The van der Waals surface area contributed by atoms with Crippen molar-refractivity contribution in [1.29, 1.82) is 0 Å². The van der Waals surface area contributed by atoms with Crippen LogP contribution in [0.15, 0.2) is 23.0 Å². The molecule has 2 N–H and O–H groups in total. The number of fused-ring (bicyclic) bond motifs is 1. The molecular weight excluding hydrogens is 320 g/mol. The predicted octanol–water partition coefficient (Wildman–Crippen LogP) is 2.99. The zero-order valence-corrected chi connectivity index (χ0v) is 12.2. The molecule has 3 rings (SSSR count). The smallest absolute Gasteiger partial charge is 0.345 e. The molecule has 20 heavy (non-hydrogen) atoms. The van der Waals surface area contributed by atoms with Gasteiger partial charge in [-0.15, -0.1) is 22.7 Å². The van der Waals surface area contributed by atoms with E-state index in [1.54, 1.807) is 6.07 Å². The van der Waals surface area contributed by atoms with Crippen LogP contribution in [0.2, 0.25) is 4.34 Å². The zero-order chi connectivity index (χ0) is 14.3. The number of rotatable bonds is 3. The second-order valence-electron chi connectivity index (χ2n) is 4.03. The van der Waals surface area contributed by atoms with E-state index in [4.69, 9.17) is 16.7 Å². The number of H-pyrrole nitrogens is 1. The summed E-state index contributed by atoms with van der Waals surface area (Å²) in [6.45, 7) is 0. The highest BCUT2D eigenvalue weighted by molar-refractivity contribution is 7.20. The average molecular weight is 327 g/mol. The molecule has 0 saturated heterocycles. The summed E-state index contributed by atoms with van der Waals surface area (Å²) in [5, 5.41) is 8.94. The van der Waals surface area contributed by atoms with Gasteiger partial charge in [0.15, 0.2) is 0 Å². The zero-order valence-electron chi connectivity index (χ0n) is 9.84. The van der Waals surface area contributed by atoms with E-state index in [1.165, 1.54) is 17.4 Å². The Bertz CT molecular complexity index is 865. The third-order valence-electron chi connectivity index (χ3n) is 2.61. The first-order valence-electron chi connectivity index (χ1n) is 5.53. The SMILES string of the molecule is O=C(O)c1cc2nc(Cc3ccc(Cl)s3)[nH]c(=O)c2s1. The lowest BCUT2D eigenvalue weighted by Gasteiger charge is -1.98. The molecule has 0 saturated carbocycles. The van der Waals surface area contributed by atoms with E-state index in [2.05, 4.69) is 9.97 Å². The second-order valence-corrected chi connectivity index (χ2v) is 6.88. The fourth-order valence-corrected chi connectivity index (χ4v) is 3.71. The summed E-state index contributed by atoms with van der Waals surface area (Å²) in [5.41, 5.74) is 0.0963. The van der Waals surface area contributed by atoms with Crippen LogP contribution in [-0.2, 0) is 6.42 Å². The van der Waals surface area contributed by atoms with Gasteiger partial charge < -0.3 is 10.1 Å². The lowest BCUT2D eigenvalue weighted by atomic mass is 10.3.